The van der Waals surface area contributed by atoms with Crippen LogP contribution in [-0.2, 0) is 20.0 Å². The highest BCUT2D eigenvalue weighted by Crippen LogP contribution is 2.32. The summed E-state index contributed by atoms with van der Waals surface area (Å²) in [6.07, 6.45) is 0.974. The Morgan fingerprint density at radius 2 is 1.29 bits per heavy atom. The summed E-state index contributed by atoms with van der Waals surface area (Å²) in [4.78, 5) is 0.0574. The molecule has 0 aliphatic carbocycles. The minimum atomic E-state index is -3.93. The van der Waals surface area contributed by atoms with Crippen LogP contribution < -0.4 is 18.9 Å². The first-order valence-corrected chi connectivity index (χ1v) is 12.5. The average molecular weight is 463 g/mol. The lowest BCUT2D eigenvalue weighted by Crippen LogP contribution is -2.16. The van der Waals surface area contributed by atoms with Crippen molar-refractivity contribution in [3.05, 3.63) is 72.3 Å². The molecule has 0 aliphatic rings. The zero-order valence-electron chi connectivity index (χ0n) is 17.1. The molecule has 3 aromatic carbocycles. The molecule has 3 aromatic rings. The number of methoxy groups -OCH3 is 1. The second-order valence-electron chi connectivity index (χ2n) is 6.78. The Bertz CT molecular complexity index is 1270. The Morgan fingerprint density at radius 1 is 0.710 bits per heavy atom. The smallest absolute Gasteiger partial charge is 0.261 e. The van der Waals surface area contributed by atoms with Gasteiger partial charge in [0.2, 0.25) is 10.0 Å². The third kappa shape index (κ3) is 6.12. The standard InChI is InChI=1S/C21H22N2O6S2/c1-15-4-11-19(12-5-15)31(26,27)23-20-13-10-18(14-21(20)22-30(3,24)25)29-17-8-6-16(28-2)7-9-17/h4-14,22-23H,1-3H3. The van der Waals surface area contributed by atoms with Gasteiger partial charge < -0.3 is 9.47 Å². The van der Waals surface area contributed by atoms with Crippen LogP contribution in [0.4, 0.5) is 11.4 Å². The molecule has 164 valence electrons. The molecule has 3 rings (SSSR count). The number of hydrogen-bond donors (Lipinski definition) is 2. The van der Waals surface area contributed by atoms with Gasteiger partial charge in [-0.2, -0.15) is 0 Å². The Kier molecular flexibility index (Phi) is 6.42. The summed E-state index contributed by atoms with van der Waals surface area (Å²) >= 11 is 0. The summed E-state index contributed by atoms with van der Waals surface area (Å²) in [5.41, 5.74) is 1.01. The fraction of sp³-hybridized carbons (Fsp3) is 0.143. The van der Waals surface area contributed by atoms with Crippen LogP contribution in [0.2, 0.25) is 0 Å². The summed E-state index contributed by atoms with van der Waals surface area (Å²) in [6, 6.07) is 17.5. The van der Waals surface area contributed by atoms with Crippen molar-refractivity contribution < 1.29 is 26.3 Å². The van der Waals surface area contributed by atoms with Crippen LogP contribution >= 0.6 is 0 Å². The molecular formula is C21H22N2O6S2. The first-order chi connectivity index (χ1) is 14.6. The van der Waals surface area contributed by atoms with Crippen LogP contribution in [0.25, 0.3) is 0 Å². The van der Waals surface area contributed by atoms with E-state index in [-0.39, 0.29) is 16.3 Å². The quantitative estimate of drug-likeness (QED) is 0.524. The number of hydrogen-bond acceptors (Lipinski definition) is 6. The van der Waals surface area contributed by atoms with Crippen molar-refractivity contribution in [2.45, 2.75) is 11.8 Å². The molecule has 0 atom stereocenters. The van der Waals surface area contributed by atoms with Gasteiger partial charge in [-0.1, -0.05) is 17.7 Å². The van der Waals surface area contributed by atoms with Gasteiger partial charge in [0.1, 0.15) is 17.2 Å². The van der Waals surface area contributed by atoms with Gasteiger partial charge in [0.25, 0.3) is 10.0 Å². The SMILES string of the molecule is COc1ccc(Oc2ccc(NS(=O)(=O)c3ccc(C)cc3)c(NS(C)(=O)=O)c2)cc1. The average Bonchev–Trinajstić information content (AvgIpc) is 2.70. The first-order valence-electron chi connectivity index (χ1n) is 9.09. The summed E-state index contributed by atoms with van der Waals surface area (Å²) in [5.74, 6) is 1.47. The van der Waals surface area contributed by atoms with Crippen LogP contribution in [0.3, 0.4) is 0 Å². The van der Waals surface area contributed by atoms with E-state index in [4.69, 9.17) is 9.47 Å². The maximum atomic E-state index is 12.7. The lowest BCUT2D eigenvalue weighted by atomic mass is 10.2. The Morgan fingerprint density at radius 3 is 1.87 bits per heavy atom. The van der Waals surface area contributed by atoms with Crippen LogP contribution in [0.5, 0.6) is 17.2 Å². The van der Waals surface area contributed by atoms with Gasteiger partial charge in [0, 0.05) is 6.07 Å². The van der Waals surface area contributed by atoms with E-state index in [0.29, 0.717) is 17.2 Å². The molecular weight excluding hydrogens is 440 g/mol. The Balaban J connectivity index is 1.92. The molecule has 2 N–H and O–H groups in total. The predicted molar refractivity (Wildman–Crippen MR) is 120 cm³/mol. The van der Waals surface area contributed by atoms with E-state index < -0.39 is 20.0 Å². The van der Waals surface area contributed by atoms with Crippen molar-refractivity contribution in [1.82, 2.24) is 0 Å². The third-order valence-corrected chi connectivity index (χ3v) is 6.13. The van der Waals surface area contributed by atoms with Crippen LogP contribution in [-0.4, -0.2) is 30.2 Å². The highest BCUT2D eigenvalue weighted by atomic mass is 32.2. The van der Waals surface area contributed by atoms with Crippen molar-refractivity contribution in [3.63, 3.8) is 0 Å². The maximum Gasteiger partial charge on any atom is 0.261 e. The molecule has 8 nitrogen and oxygen atoms in total. The molecule has 10 heteroatoms. The number of anilines is 2. The minimum Gasteiger partial charge on any atom is -0.497 e. The monoisotopic (exact) mass is 462 g/mol. The van der Waals surface area contributed by atoms with E-state index in [1.807, 2.05) is 6.92 Å². The lowest BCUT2D eigenvalue weighted by Gasteiger charge is -2.15. The van der Waals surface area contributed by atoms with Crippen molar-refractivity contribution >= 4 is 31.4 Å². The van der Waals surface area contributed by atoms with Gasteiger partial charge in [-0.15, -0.1) is 0 Å². The molecule has 0 aromatic heterocycles. The molecule has 0 unspecified atom stereocenters. The van der Waals surface area contributed by atoms with Gasteiger partial charge >= 0.3 is 0 Å². The number of benzene rings is 3. The zero-order valence-corrected chi connectivity index (χ0v) is 18.7. The Hall–Kier alpha value is -3.24. The van der Waals surface area contributed by atoms with Crippen LogP contribution in [0.15, 0.2) is 71.6 Å². The largest absolute Gasteiger partial charge is 0.497 e. The zero-order chi connectivity index (χ0) is 22.6. The molecule has 0 fully saturated rings. The number of sulfonamides is 2. The fourth-order valence-electron chi connectivity index (χ4n) is 2.66. The van der Waals surface area contributed by atoms with Crippen molar-refractivity contribution in [1.29, 1.82) is 0 Å². The maximum absolute atomic E-state index is 12.7. The van der Waals surface area contributed by atoms with Gasteiger partial charge in [-0.25, -0.2) is 16.8 Å². The summed E-state index contributed by atoms with van der Waals surface area (Å²) in [5, 5.41) is 0. The highest BCUT2D eigenvalue weighted by molar-refractivity contribution is 7.93. The molecule has 0 amide bonds. The van der Waals surface area contributed by atoms with E-state index >= 15 is 0 Å². The third-order valence-electron chi connectivity index (χ3n) is 4.16. The molecule has 0 saturated carbocycles. The second kappa shape index (κ2) is 8.86. The molecule has 0 bridgehead atoms. The molecule has 31 heavy (non-hydrogen) atoms. The fourth-order valence-corrected chi connectivity index (χ4v) is 4.31. The molecule has 0 heterocycles. The second-order valence-corrected chi connectivity index (χ2v) is 10.2. The molecule has 0 spiro atoms. The number of ether oxygens (including phenoxy) is 2. The van der Waals surface area contributed by atoms with E-state index in [2.05, 4.69) is 9.44 Å². The summed E-state index contributed by atoms with van der Waals surface area (Å²) in [6.45, 7) is 1.85. The van der Waals surface area contributed by atoms with Crippen LogP contribution in [0, 0.1) is 6.92 Å². The predicted octanol–water partition coefficient (Wildman–Crippen LogP) is 3.97. The van der Waals surface area contributed by atoms with E-state index in [1.54, 1.807) is 43.5 Å². The normalized spacial score (nSPS) is 11.6. The van der Waals surface area contributed by atoms with Gasteiger partial charge in [-0.05, 0) is 55.5 Å². The van der Waals surface area contributed by atoms with Crippen molar-refractivity contribution in [3.8, 4) is 17.2 Å². The molecule has 0 saturated heterocycles. The van der Waals surface area contributed by atoms with Crippen molar-refractivity contribution in [2.24, 2.45) is 0 Å². The number of nitrogens with one attached hydrogen (secondary N) is 2. The van der Waals surface area contributed by atoms with Crippen molar-refractivity contribution in [2.75, 3.05) is 22.8 Å². The first kappa shape index (κ1) is 22.4. The van der Waals surface area contributed by atoms with Crippen LogP contribution in [0.1, 0.15) is 5.56 Å². The lowest BCUT2D eigenvalue weighted by molar-refractivity contribution is 0.413. The van der Waals surface area contributed by atoms with E-state index in [9.17, 15) is 16.8 Å². The molecule has 0 radical (unpaired) electrons. The van der Waals surface area contributed by atoms with Gasteiger partial charge in [0.15, 0.2) is 0 Å². The Labute approximate surface area is 181 Å². The topological polar surface area (TPSA) is 111 Å². The number of rotatable bonds is 8. The van der Waals surface area contributed by atoms with Gasteiger partial charge in [-0.3, -0.25) is 9.44 Å². The summed E-state index contributed by atoms with van der Waals surface area (Å²) < 4.78 is 64.7. The van der Waals surface area contributed by atoms with Gasteiger partial charge in [0.05, 0.1) is 29.6 Å². The van der Waals surface area contributed by atoms with E-state index in [0.717, 1.165) is 11.8 Å². The number of aryl methyl sites for hydroxylation is 1. The minimum absolute atomic E-state index is 0.0317. The molecule has 0 aliphatic heterocycles. The van der Waals surface area contributed by atoms with E-state index in [1.165, 1.54) is 30.3 Å². The summed E-state index contributed by atoms with van der Waals surface area (Å²) in [7, 11) is -6.06. The highest BCUT2D eigenvalue weighted by Gasteiger charge is 2.18.